The van der Waals surface area contributed by atoms with Gasteiger partial charge in [-0.1, -0.05) is 67.6 Å². The van der Waals surface area contributed by atoms with Gasteiger partial charge in [0.05, 0.1) is 37.1 Å². The monoisotopic (exact) mass is 854 g/mol. The largest absolute Gasteiger partial charge is 0.493 e. The second-order valence-electron chi connectivity index (χ2n) is 16.4. The first kappa shape index (κ1) is 44.6. The number of ether oxygens (including phenoxy) is 3. The number of carbonyl (C=O) groups excluding carboxylic acids is 1. The maximum atomic E-state index is 12.1. The van der Waals surface area contributed by atoms with Crippen LogP contribution in [0.4, 0.5) is 4.79 Å². The molecule has 0 saturated carbocycles. The molecule has 12 heteroatoms. The summed E-state index contributed by atoms with van der Waals surface area (Å²) in [4.78, 5) is 34.6. The molecule has 0 unspecified atom stereocenters. The Labute approximate surface area is 369 Å². The molecule has 12 nitrogen and oxygen atoms in total. The van der Waals surface area contributed by atoms with Crippen molar-refractivity contribution >= 4 is 12.1 Å². The van der Waals surface area contributed by atoms with Crippen LogP contribution in [0.1, 0.15) is 47.9 Å². The molecule has 0 spiro atoms. The molecule has 2 aliphatic heterocycles. The minimum atomic E-state index is -0.896. The fraction of sp³-hybridized carbons (Fsp3) is 0.373. The highest BCUT2D eigenvalue weighted by Gasteiger charge is 2.40. The predicted octanol–water partition coefficient (Wildman–Crippen LogP) is 9.27. The van der Waals surface area contributed by atoms with Crippen molar-refractivity contribution in [1.29, 1.82) is 0 Å². The van der Waals surface area contributed by atoms with Crippen LogP contribution in [0.3, 0.4) is 0 Å². The number of aromatic nitrogens is 2. The van der Waals surface area contributed by atoms with Gasteiger partial charge in [-0.2, -0.15) is 0 Å². The summed E-state index contributed by atoms with van der Waals surface area (Å²) in [6.07, 6.45) is 2.51. The van der Waals surface area contributed by atoms with Gasteiger partial charge in [0.1, 0.15) is 23.0 Å². The van der Waals surface area contributed by atoms with E-state index in [1.165, 1.54) is 10.5 Å². The van der Waals surface area contributed by atoms with Gasteiger partial charge in [-0.3, -0.25) is 4.79 Å². The minimum Gasteiger partial charge on any atom is -0.493 e. The number of nitrogens with one attached hydrogen (secondary N) is 1. The Morgan fingerprint density at radius 2 is 1.24 bits per heavy atom. The second-order valence-corrected chi connectivity index (χ2v) is 16.4. The number of hydrogen-bond donors (Lipinski definition) is 2. The van der Waals surface area contributed by atoms with Crippen molar-refractivity contribution in [2.75, 3.05) is 46.0 Å². The minimum absolute atomic E-state index is 0.164. The summed E-state index contributed by atoms with van der Waals surface area (Å²) in [5.74, 6) is 4.28. The highest BCUT2D eigenvalue weighted by molar-refractivity contribution is 5.74. The van der Waals surface area contributed by atoms with Gasteiger partial charge in [0.15, 0.2) is 0 Å². The number of likely N-dealkylation sites (tertiary alicyclic amines) is 1. The molecular formula is C51H58N4O8. The van der Waals surface area contributed by atoms with E-state index in [9.17, 15) is 14.7 Å². The molecule has 2 saturated heterocycles. The molecule has 0 radical (unpaired) electrons. The van der Waals surface area contributed by atoms with Crippen LogP contribution < -0.4 is 14.8 Å². The highest BCUT2D eigenvalue weighted by Crippen LogP contribution is 2.30. The summed E-state index contributed by atoms with van der Waals surface area (Å²) in [6.45, 7) is 12.0. The summed E-state index contributed by atoms with van der Waals surface area (Å²) in [5, 5.41) is 13.1. The van der Waals surface area contributed by atoms with Gasteiger partial charge in [0.25, 0.3) is 0 Å². The molecule has 4 heterocycles. The zero-order valence-electron chi connectivity index (χ0n) is 36.6. The van der Waals surface area contributed by atoms with Crippen molar-refractivity contribution in [2.24, 2.45) is 23.7 Å². The van der Waals surface area contributed by atoms with Crippen LogP contribution in [0.2, 0.25) is 0 Å². The normalized spacial score (nSPS) is 18.1. The number of aryl methyl sites for hydroxylation is 2. The number of aliphatic carboxylic acids is 1. The number of oxazole rings is 2. The number of rotatable bonds is 16. The van der Waals surface area contributed by atoms with Gasteiger partial charge < -0.3 is 38.4 Å². The van der Waals surface area contributed by atoms with Gasteiger partial charge in [0, 0.05) is 37.1 Å². The van der Waals surface area contributed by atoms with Crippen LogP contribution in [-0.2, 0) is 35.2 Å². The van der Waals surface area contributed by atoms with E-state index in [2.05, 4.69) is 40.4 Å². The summed E-state index contributed by atoms with van der Waals surface area (Å²) in [5.41, 5.74) is 6.07. The molecule has 4 atom stereocenters. The van der Waals surface area contributed by atoms with Crippen molar-refractivity contribution in [3.63, 3.8) is 0 Å². The summed E-state index contributed by atoms with van der Waals surface area (Å²) >= 11 is 0. The number of carbonyl (C=O) groups is 2. The quantitative estimate of drug-likeness (QED) is 0.0960. The summed E-state index contributed by atoms with van der Waals surface area (Å²) in [7, 11) is 0. The zero-order chi connectivity index (χ0) is 44.1. The Hall–Kier alpha value is -6.40. The lowest BCUT2D eigenvalue weighted by atomic mass is 9.90. The van der Waals surface area contributed by atoms with E-state index in [1.807, 2.05) is 105 Å². The molecule has 2 fully saturated rings. The first-order valence-corrected chi connectivity index (χ1v) is 22.0. The van der Waals surface area contributed by atoms with E-state index in [4.69, 9.17) is 23.0 Å². The third-order valence-electron chi connectivity index (χ3n) is 11.8. The molecule has 2 aliphatic rings. The number of nitrogens with zero attached hydrogens (tertiary/aromatic N) is 3. The Balaban J connectivity index is 0.000000193. The number of carboxylic acid groups (broad SMARTS) is 1. The van der Waals surface area contributed by atoms with E-state index in [0.717, 1.165) is 77.2 Å². The Morgan fingerprint density at radius 1 is 0.714 bits per heavy atom. The average Bonchev–Trinajstić information content (AvgIpc) is 4.09. The van der Waals surface area contributed by atoms with Crippen LogP contribution in [0.15, 0.2) is 118 Å². The zero-order valence-corrected chi connectivity index (χ0v) is 36.6. The standard InChI is InChI=1S/C27H30N2O6.C24H28N2O2/c1-3-33-27(32)29-16-21(23(17-29)26(30)31)14-19-8-7-11-22(15-19)34-13-12-24-18(2)35-25(28-24)20-9-5-4-6-10-20;1-17-15-25-16-21(17)13-19-7-6-10-22(14-19)27-12-11-23-18(2)28-24(26-23)20-8-4-3-5-9-20/h4-11,15,21,23H,3,12-14,16-17H2,1-2H3,(H,30,31);3-10,14,17,21,25H,11-13,15-16H2,1-2H3/t21-,23-;17-,21-/m00/s1. The van der Waals surface area contributed by atoms with Crippen molar-refractivity contribution in [2.45, 2.75) is 53.4 Å². The molecule has 0 aliphatic carbocycles. The number of amides is 1. The number of benzene rings is 4. The summed E-state index contributed by atoms with van der Waals surface area (Å²) in [6, 6.07) is 35.9. The van der Waals surface area contributed by atoms with E-state index in [-0.39, 0.29) is 19.1 Å². The SMILES string of the molecule is CCOC(=O)N1C[C@H](Cc2cccc(OCCc3nc(-c4ccccc4)oc3C)c2)[C@@H](C(=O)O)C1.Cc1oc(-c2ccccc2)nc1CCOc1cccc(C[C@H]2CNC[C@@H]2C)c1. The third kappa shape index (κ3) is 12.2. The molecule has 2 N–H and O–H groups in total. The van der Waals surface area contributed by atoms with Crippen LogP contribution in [0.5, 0.6) is 11.5 Å². The van der Waals surface area contributed by atoms with Crippen molar-refractivity contribution < 1.29 is 37.7 Å². The Kier molecular flexibility index (Phi) is 15.3. The van der Waals surface area contributed by atoms with Gasteiger partial charge in [-0.05, 0) is 124 Å². The second kappa shape index (κ2) is 21.6. The fourth-order valence-electron chi connectivity index (χ4n) is 8.25. The predicted molar refractivity (Wildman–Crippen MR) is 241 cm³/mol. The van der Waals surface area contributed by atoms with Gasteiger partial charge in [-0.15, -0.1) is 0 Å². The molecule has 63 heavy (non-hydrogen) atoms. The molecule has 330 valence electrons. The Morgan fingerprint density at radius 3 is 1.71 bits per heavy atom. The van der Waals surface area contributed by atoms with E-state index in [1.54, 1.807) is 6.92 Å². The molecule has 1 amide bonds. The van der Waals surface area contributed by atoms with E-state index < -0.39 is 18.0 Å². The molecule has 0 bridgehead atoms. The van der Waals surface area contributed by atoms with Gasteiger partial charge >= 0.3 is 12.1 Å². The van der Waals surface area contributed by atoms with Crippen LogP contribution in [0, 0.1) is 37.5 Å². The van der Waals surface area contributed by atoms with Gasteiger partial charge in [-0.25, -0.2) is 14.8 Å². The highest BCUT2D eigenvalue weighted by atomic mass is 16.6. The lowest BCUT2D eigenvalue weighted by molar-refractivity contribution is -0.142. The maximum Gasteiger partial charge on any atom is 0.409 e. The molecular weight excluding hydrogens is 797 g/mol. The lowest BCUT2D eigenvalue weighted by Crippen LogP contribution is -2.30. The first-order chi connectivity index (χ1) is 30.6. The van der Waals surface area contributed by atoms with E-state index >= 15 is 0 Å². The van der Waals surface area contributed by atoms with Gasteiger partial charge in [0.2, 0.25) is 11.8 Å². The molecule has 6 aromatic rings. The van der Waals surface area contributed by atoms with Crippen molar-refractivity contribution in [3.8, 4) is 34.4 Å². The number of carboxylic acids is 1. The van der Waals surface area contributed by atoms with Crippen LogP contribution >= 0.6 is 0 Å². The van der Waals surface area contributed by atoms with Crippen LogP contribution in [0.25, 0.3) is 22.9 Å². The molecule has 8 rings (SSSR count). The lowest BCUT2D eigenvalue weighted by Gasteiger charge is -2.16. The topological polar surface area (TPSA) is 149 Å². The van der Waals surface area contributed by atoms with Crippen LogP contribution in [-0.4, -0.2) is 78.0 Å². The fourth-order valence-corrected chi connectivity index (χ4v) is 8.25. The van der Waals surface area contributed by atoms with E-state index in [0.29, 0.717) is 56.0 Å². The average molecular weight is 855 g/mol. The summed E-state index contributed by atoms with van der Waals surface area (Å²) < 4.78 is 28.7. The number of hydrogen-bond acceptors (Lipinski definition) is 10. The molecule has 2 aromatic heterocycles. The third-order valence-corrected chi connectivity index (χ3v) is 11.8. The maximum absolute atomic E-state index is 12.1. The Bertz CT molecular complexity index is 2400. The first-order valence-electron chi connectivity index (χ1n) is 22.0. The molecule has 4 aromatic carbocycles. The van der Waals surface area contributed by atoms with Crippen molar-refractivity contribution in [3.05, 3.63) is 143 Å². The van der Waals surface area contributed by atoms with Crippen molar-refractivity contribution in [1.82, 2.24) is 20.2 Å². The smallest absolute Gasteiger partial charge is 0.409 e.